The summed E-state index contributed by atoms with van der Waals surface area (Å²) in [6, 6.07) is 18.8. The molecule has 1 saturated carbocycles. The largest absolute Gasteiger partial charge is 0.369 e. The summed E-state index contributed by atoms with van der Waals surface area (Å²) in [6.07, 6.45) is 2.09. The molecule has 1 aliphatic carbocycles. The van der Waals surface area contributed by atoms with Crippen molar-refractivity contribution in [2.75, 3.05) is 69.1 Å². The number of carbonyl (C=O) groups excluding carboxylic acids is 2. The topological polar surface area (TPSA) is 59.1 Å². The lowest BCUT2D eigenvalue weighted by molar-refractivity contribution is -0.134. The Kier molecular flexibility index (Phi) is 7.11. The van der Waals surface area contributed by atoms with Gasteiger partial charge in [0.1, 0.15) is 0 Å². The van der Waals surface area contributed by atoms with Gasteiger partial charge in [0.2, 0.25) is 11.8 Å². The van der Waals surface area contributed by atoms with E-state index in [4.69, 9.17) is 0 Å². The van der Waals surface area contributed by atoms with Crippen molar-refractivity contribution in [2.24, 2.45) is 5.92 Å². The highest BCUT2D eigenvalue weighted by atomic mass is 16.2. The van der Waals surface area contributed by atoms with Gasteiger partial charge in [-0.2, -0.15) is 0 Å². The number of nitrogens with zero attached hydrogens (tertiary/aromatic N) is 4. The van der Waals surface area contributed by atoms with Crippen LogP contribution >= 0.6 is 0 Å². The number of benzene rings is 2. The fourth-order valence-electron chi connectivity index (χ4n) is 4.88. The molecule has 0 spiro atoms. The van der Waals surface area contributed by atoms with Crippen LogP contribution in [0.1, 0.15) is 18.4 Å². The molecule has 2 aromatic rings. The summed E-state index contributed by atoms with van der Waals surface area (Å²) in [4.78, 5) is 33.7. The zero-order valence-electron chi connectivity index (χ0n) is 19.9. The molecule has 2 amide bonds. The Labute approximate surface area is 202 Å². The third kappa shape index (κ3) is 5.96. The fourth-order valence-corrected chi connectivity index (χ4v) is 4.88. The number of nitrogens with one attached hydrogen (secondary N) is 1. The molecule has 0 bridgehead atoms. The Balaban J connectivity index is 1.04. The summed E-state index contributed by atoms with van der Waals surface area (Å²) < 4.78 is 0. The van der Waals surface area contributed by atoms with Crippen LogP contribution in [-0.4, -0.2) is 85.4 Å². The molecular weight excluding hydrogens is 426 g/mol. The van der Waals surface area contributed by atoms with Crippen LogP contribution in [0.5, 0.6) is 0 Å². The molecule has 180 valence electrons. The molecule has 0 unspecified atom stereocenters. The molecule has 0 atom stereocenters. The van der Waals surface area contributed by atoms with Crippen molar-refractivity contribution >= 4 is 23.2 Å². The van der Waals surface area contributed by atoms with E-state index in [2.05, 4.69) is 62.5 Å². The minimum atomic E-state index is 0.00393. The average molecular weight is 462 g/mol. The number of rotatable bonds is 7. The highest BCUT2D eigenvalue weighted by Gasteiger charge is 2.34. The first-order chi connectivity index (χ1) is 16.6. The Bertz CT molecular complexity index is 960. The number of hydrogen-bond acceptors (Lipinski definition) is 5. The van der Waals surface area contributed by atoms with Crippen LogP contribution in [0.25, 0.3) is 0 Å². The monoisotopic (exact) mass is 461 g/mol. The fraction of sp³-hybridized carbons (Fsp3) is 0.481. The molecule has 0 aromatic heterocycles. The third-order valence-electron chi connectivity index (χ3n) is 7.12. The number of anilines is 2. The van der Waals surface area contributed by atoms with Gasteiger partial charge in [0.15, 0.2) is 0 Å². The first-order valence-corrected chi connectivity index (χ1v) is 12.6. The number of hydrogen-bond donors (Lipinski definition) is 1. The van der Waals surface area contributed by atoms with Gasteiger partial charge < -0.3 is 15.1 Å². The van der Waals surface area contributed by atoms with Crippen molar-refractivity contribution < 1.29 is 9.59 Å². The van der Waals surface area contributed by atoms with Crippen LogP contribution in [0.3, 0.4) is 0 Å². The quantitative estimate of drug-likeness (QED) is 0.687. The predicted molar refractivity (Wildman–Crippen MR) is 135 cm³/mol. The molecular formula is C27H35N5O2. The zero-order valence-corrected chi connectivity index (χ0v) is 19.9. The normalized spacial score (nSPS) is 19.8. The standard InChI is InChI=1S/C27H35N5O2/c33-26(21-30-14-18-32(19-15-30)27(34)23-6-7-23)28-24-8-10-25(11-9-24)31-16-12-29(13-17-31)20-22-4-2-1-3-5-22/h1-5,8-11,23H,6-7,12-21H2,(H,28,33). The van der Waals surface area contributed by atoms with Gasteiger partial charge in [0, 0.05) is 76.2 Å². The van der Waals surface area contributed by atoms with E-state index in [1.807, 2.05) is 17.0 Å². The molecule has 3 fully saturated rings. The summed E-state index contributed by atoms with van der Waals surface area (Å²) in [5.41, 5.74) is 3.40. The van der Waals surface area contributed by atoms with Gasteiger partial charge in [0.25, 0.3) is 0 Å². The summed E-state index contributed by atoms with van der Waals surface area (Å²) in [6.45, 7) is 8.48. The lowest BCUT2D eigenvalue weighted by Gasteiger charge is -2.36. The average Bonchev–Trinajstić information content (AvgIpc) is 3.71. The molecule has 2 aliphatic heterocycles. The van der Waals surface area contributed by atoms with Crippen molar-refractivity contribution in [3.63, 3.8) is 0 Å². The van der Waals surface area contributed by atoms with Crippen LogP contribution in [0, 0.1) is 5.92 Å². The third-order valence-corrected chi connectivity index (χ3v) is 7.12. The lowest BCUT2D eigenvalue weighted by Crippen LogP contribution is -2.50. The lowest BCUT2D eigenvalue weighted by atomic mass is 10.2. The molecule has 7 nitrogen and oxygen atoms in total. The molecule has 1 N–H and O–H groups in total. The van der Waals surface area contributed by atoms with Gasteiger partial charge in [-0.05, 0) is 42.7 Å². The number of amides is 2. The maximum atomic E-state index is 12.5. The Hall–Kier alpha value is -2.90. The highest BCUT2D eigenvalue weighted by molar-refractivity contribution is 5.92. The Morgan fingerprint density at radius 1 is 0.765 bits per heavy atom. The van der Waals surface area contributed by atoms with Crippen molar-refractivity contribution in [3.05, 3.63) is 60.2 Å². The van der Waals surface area contributed by atoms with E-state index in [0.717, 1.165) is 77.4 Å². The van der Waals surface area contributed by atoms with E-state index in [-0.39, 0.29) is 11.8 Å². The van der Waals surface area contributed by atoms with Crippen molar-refractivity contribution in [1.82, 2.24) is 14.7 Å². The predicted octanol–water partition coefficient (Wildman–Crippen LogP) is 2.50. The number of piperazine rings is 2. The first-order valence-electron chi connectivity index (χ1n) is 12.6. The smallest absolute Gasteiger partial charge is 0.238 e. The minimum Gasteiger partial charge on any atom is -0.369 e. The second kappa shape index (κ2) is 10.6. The van der Waals surface area contributed by atoms with Gasteiger partial charge in [-0.15, -0.1) is 0 Å². The van der Waals surface area contributed by atoms with E-state index < -0.39 is 0 Å². The van der Waals surface area contributed by atoms with E-state index >= 15 is 0 Å². The van der Waals surface area contributed by atoms with Gasteiger partial charge in [0.05, 0.1) is 6.54 Å². The SMILES string of the molecule is O=C(CN1CCN(C(=O)C2CC2)CC1)Nc1ccc(N2CCN(Cc3ccccc3)CC2)cc1. The van der Waals surface area contributed by atoms with Crippen molar-refractivity contribution in [1.29, 1.82) is 0 Å². The van der Waals surface area contributed by atoms with Crippen molar-refractivity contribution in [3.8, 4) is 0 Å². The Morgan fingerprint density at radius 2 is 1.41 bits per heavy atom. The molecule has 3 aliphatic rings. The second-order valence-corrected chi connectivity index (χ2v) is 9.72. The van der Waals surface area contributed by atoms with Crippen LogP contribution in [0.4, 0.5) is 11.4 Å². The molecule has 5 rings (SSSR count). The molecule has 0 radical (unpaired) electrons. The highest BCUT2D eigenvalue weighted by Crippen LogP contribution is 2.31. The molecule has 7 heteroatoms. The Morgan fingerprint density at radius 3 is 2.06 bits per heavy atom. The number of carbonyl (C=O) groups is 2. The first kappa shape index (κ1) is 22.9. The summed E-state index contributed by atoms with van der Waals surface area (Å²) >= 11 is 0. The second-order valence-electron chi connectivity index (χ2n) is 9.72. The summed E-state index contributed by atoms with van der Waals surface area (Å²) in [5, 5.41) is 3.03. The molecule has 34 heavy (non-hydrogen) atoms. The minimum absolute atomic E-state index is 0.00393. The maximum Gasteiger partial charge on any atom is 0.238 e. The van der Waals surface area contributed by atoms with E-state index in [1.54, 1.807) is 0 Å². The zero-order chi connectivity index (χ0) is 23.3. The van der Waals surface area contributed by atoms with Crippen LogP contribution in [0.15, 0.2) is 54.6 Å². The summed E-state index contributed by atoms with van der Waals surface area (Å²) in [5.74, 6) is 0.585. The van der Waals surface area contributed by atoms with Crippen LogP contribution < -0.4 is 10.2 Å². The van der Waals surface area contributed by atoms with Crippen LogP contribution in [-0.2, 0) is 16.1 Å². The van der Waals surface area contributed by atoms with Crippen molar-refractivity contribution in [2.45, 2.75) is 19.4 Å². The molecule has 2 aromatic carbocycles. The van der Waals surface area contributed by atoms with E-state index in [0.29, 0.717) is 12.5 Å². The van der Waals surface area contributed by atoms with Gasteiger partial charge in [-0.25, -0.2) is 0 Å². The maximum absolute atomic E-state index is 12.5. The van der Waals surface area contributed by atoms with Crippen LogP contribution in [0.2, 0.25) is 0 Å². The molecule has 2 saturated heterocycles. The molecule has 2 heterocycles. The van der Waals surface area contributed by atoms with E-state index in [9.17, 15) is 9.59 Å². The van der Waals surface area contributed by atoms with Gasteiger partial charge in [-0.3, -0.25) is 19.4 Å². The summed E-state index contributed by atoms with van der Waals surface area (Å²) in [7, 11) is 0. The van der Waals surface area contributed by atoms with E-state index in [1.165, 1.54) is 11.3 Å². The van der Waals surface area contributed by atoms with Gasteiger partial charge >= 0.3 is 0 Å². The van der Waals surface area contributed by atoms with Gasteiger partial charge in [-0.1, -0.05) is 30.3 Å².